The zero-order chi connectivity index (χ0) is 15.3. The van der Waals surface area contributed by atoms with Gasteiger partial charge < -0.3 is 9.29 Å². The van der Waals surface area contributed by atoms with E-state index in [-0.39, 0.29) is 11.3 Å². The third-order valence-corrected chi connectivity index (χ3v) is 3.41. The molecule has 0 spiro atoms. The molecule has 5 nitrogen and oxygen atoms in total. The summed E-state index contributed by atoms with van der Waals surface area (Å²) in [5.74, 6) is -1.20. The van der Waals surface area contributed by atoms with Crippen molar-refractivity contribution in [3.05, 3.63) is 71.1 Å². The minimum atomic E-state index is -3.95. The Morgan fingerprint density at radius 2 is 1.76 bits per heavy atom. The molecule has 0 saturated heterocycles. The topological polar surface area (TPSA) is 80.7 Å². The van der Waals surface area contributed by atoms with E-state index in [1.54, 1.807) is 24.3 Å². The van der Waals surface area contributed by atoms with Crippen LogP contribution in [0.4, 0.5) is 0 Å². The van der Waals surface area contributed by atoms with Crippen LogP contribution in [0.25, 0.3) is 6.08 Å². The minimum absolute atomic E-state index is 0.0465. The van der Waals surface area contributed by atoms with Gasteiger partial charge in [0.2, 0.25) is 0 Å². The predicted octanol–water partition coefficient (Wildman–Crippen LogP) is 2.76. The molecule has 0 aliphatic rings. The number of carbonyl (C=O) groups is 1. The first kappa shape index (κ1) is 14.8. The van der Waals surface area contributed by atoms with Crippen molar-refractivity contribution in [3.63, 3.8) is 0 Å². The SMILES string of the molecule is O=C(O)c1cccc(OS(=O)(=O)/C=C/c2ccccc2)c1. The third-order valence-electron chi connectivity index (χ3n) is 2.52. The van der Waals surface area contributed by atoms with Crippen LogP contribution >= 0.6 is 0 Å². The van der Waals surface area contributed by atoms with E-state index in [1.807, 2.05) is 6.07 Å². The van der Waals surface area contributed by atoms with Gasteiger partial charge in [0.05, 0.1) is 11.0 Å². The third kappa shape index (κ3) is 4.47. The molecule has 0 radical (unpaired) electrons. The van der Waals surface area contributed by atoms with Gasteiger partial charge in [0.15, 0.2) is 0 Å². The summed E-state index contributed by atoms with van der Waals surface area (Å²) in [4.78, 5) is 10.8. The summed E-state index contributed by atoms with van der Waals surface area (Å²) in [5, 5.41) is 9.77. The van der Waals surface area contributed by atoms with Crippen molar-refractivity contribution in [2.75, 3.05) is 0 Å². The Morgan fingerprint density at radius 3 is 2.43 bits per heavy atom. The summed E-state index contributed by atoms with van der Waals surface area (Å²) in [6.07, 6.45) is 1.40. The number of carboxylic acids is 1. The molecule has 1 N–H and O–H groups in total. The molecule has 0 fully saturated rings. The van der Waals surface area contributed by atoms with Crippen LogP contribution in [0, 0.1) is 0 Å². The monoisotopic (exact) mass is 304 g/mol. The Balaban J connectivity index is 2.16. The lowest BCUT2D eigenvalue weighted by Gasteiger charge is -2.04. The average molecular weight is 304 g/mol. The van der Waals surface area contributed by atoms with Gasteiger partial charge in [-0.2, -0.15) is 8.42 Å². The van der Waals surface area contributed by atoms with E-state index in [4.69, 9.17) is 9.29 Å². The van der Waals surface area contributed by atoms with E-state index in [2.05, 4.69) is 0 Å². The van der Waals surface area contributed by atoms with E-state index in [0.717, 1.165) is 11.5 Å². The lowest BCUT2D eigenvalue weighted by molar-refractivity contribution is 0.0696. The van der Waals surface area contributed by atoms with Crippen LogP contribution in [-0.4, -0.2) is 19.5 Å². The molecule has 0 unspecified atom stereocenters. The Labute approximate surface area is 122 Å². The fraction of sp³-hybridized carbons (Fsp3) is 0. The Hall–Kier alpha value is -2.60. The lowest BCUT2D eigenvalue weighted by Crippen LogP contribution is -2.06. The van der Waals surface area contributed by atoms with Crippen molar-refractivity contribution in [3.8, 4) is 5.75 Å². The second-order valence-corrected chi connectivity index (χ2v) is 5.55. The summed E-state index contributed by atoms with van der Waals surface area (Å²) in [7, 11) is -3.95. The van der Waals surface area contributed by atoms with Gasteiger partial charge in [-0.1, -0.05) is 36.4 Å². The van der Waals surface area contributed by atoms with Gasteiger partial charge in [-0.25, -0.2) is 4.79 Å². The molecule has 0 amide bonds. The van der Waals surface area contributed by atoms with Crippen molar-refractivity contribution < 1.29 is 22.5 Å². The van der Waals surface area contributed by atoms with Crippen LogP contribution in [0.5, 0.6) is 5.75 Å². The van der Waals surface area contributed by atoms with Crippen LogP contribution in [-0.2, 0) is 10.1 Å². The van der Waals surface area contributed by atoms with Gasteiger partial charge >= 0.3 is 16.1 Å². The predicted molar refractivity (Wildman–Crippen MR) is 78.4 cm³/mol. The normalized spacial score (nSPS) is 11.4. The highest BCUT2D eigenvalue weighted by Crippen LogP contribution is 2.16. The second kappa shape index (κ2) is 6.23. The second-order valence-electron chi connectivity index (χ2n) is 4.12. The minimum Gasteiger partial charge on any atom is -0.478 e. The van der Waals surface area contributed by atoms with Gasteiger partial charge in [-0.3, -0.25) is 0 Å². The molecule has 0 bridgehead atoms. The lowest BCUT2D eigenvalue weighted by atomic mass is 10.2. The van der Waals surface area contributed by atoms with Gasteiger partial charge in [0.25, 0.3) is 0 Å². The molecule has 6 heteroatoms. The molecule has 0 atom stereocenters. The molecule has 0 aromatic heterocycles. The number of benzene rings is 2. The Bertz CT molecular complexity index is 764. The first-order chi connectivity index (χ1) is 9.96. The van der Waals surface area contributed by atoms with Crippen LogP contribution < -0.4 is 4.18 Å². The zero-order valence-corrected chi connectivity index (χ0v) is 11.7. The first-order valence-corrected chi connectivity index (χ1v) is 7.44. The summed E-state index contributed by atoms with van der Waals surface area (Å²) in [6, 6.07) is 14.2. The van der Waals surface area contributed by atoms with Crippen molar-refractivity contribution in [2.24, 2.45) is 0 Å². The molecule has 108 valence electrons. The largest absolute Gasteiger partial charge is 0.478 e. The summed E-state index contributed by atoms with van der Waals surface area (Å²) < 4.78 is 28.4. The highest BCUT2D eigenvalue weighted by atomic mass is 32.2. The van der Waals surface area contributed by atoms with E-state index in [9.17, 15) is 13.2 Å². The standard InChI is InChI=1S/C15H12O5S/c16-15(17)13-7-4-8-14(11-13)20-21(18,19)10-9-12-5-2-1-3-6-12/h1-11H,(H,16,17)/b10-9+. The molecule has 0 aliphatic heterocycles. The van der Waals surface area contributed by atoms with Crippen LogP contribution in [0.1, 0.15) is 15.9 Å². The molecule has 2 rings (SSSR count). The van der Waals surface area contributed by atoms with E-state index >= 15 is 0 Å². The number of aromatic carboxylic acids is 1. The summed E-state index contributed by atoms with van der Waals surface area (Å²) in [5.41, 5.74) is 0.665. The number of rotatable bonds is 5. The van der Waals surface area contributed by atoms with Gasteiger partial charge in [-0.05, 0) is 29.8 Å². The van der Waals surface area contributed by atoms with Crippen LogP contribution in [0.15, 0.2) is 60.0 Å². The molecule has 0 saturated carbocycles. The molecule has 2 aromatic carbocycles. The maximum atomic E-state index is 11.8. The van der Waals surface area contributed by atoms with Crippen molar-refractivity contribution in [2.45, 2.75) is 0 Å². The zero-order valence-electron chi connectivity index (χ0n) is 10.8. The van der Waals surface area contributed by atoms with E-state index in [1.165, 1.54) is 24.3 Å². The maximum Gasteiger partial charge on any atom is 0.335 e. The fourth-order valence-corrected chi connectivity index (χ4v) is 2.32. The molecule has 2 aromatic rings. The van der Waals surface area contributed by atoms with Crippen molar-refractivity contribution in [1.82, 2.24) is 0 Å². The average Bonchev–Trinajstić information content (AvgIpc) is 2.46. The van der Waals surface area contributed by atoms with Gasteiger partial charge in [0.1, 0.15) is 5.75 Å². The Kier molecular flexibility index (Phi) is 4.39. The first-order valence-electron chi connectivity index (χ1n) is 5.97. The molecular weight excluding hydrogens is 292 g/mol. The highest BCUT2D eigenvalue weighted by molar-refractivity contribution is 7.90. The highest BCUT2D eigenvalue weighted by Gasteiger charge is 2.10. The van der Waals surface area contributed by atoms with E-state index in [0.29, 0.717) is 5.56 Å². The molecule has 0 aliphatic carbocycles. The van der Waals surface area contributed by atoms with Crippen molar-refractivity contribution in [1.29, 1.82) is 0 Å². The summed E-state index contributed by atoms with van der Waals surface area (Å²) in [6.45, 7) is 0. The quantitative estimate of drug-likeness (QED) is 0.859. The summed E-state index contributed by atoms with van der Waals surface area (Å²) >= 11 is 0. The van der Waals surface area contributed by atoms with Gasteiger partial charge in [-0.15, -0.1) is 0 Å². The number of hydrogen-bond donors (Lipinski definition) is 1. The Morgan fingerprint density at radius 1 is 1.05 bits per heavy atom. The molecule has 0 heterocycles. The molecular formula is C15H12O5S. The number of hydrogen-bond acceptors (Lipinski definition) is 4. The fourth-order valence-electron chi connectivity index (χ4n) is 1.57. The van der Waals surface area contributed by atoms with Gasteiger partial charge in [0, 0.05) is 0 Å². The van der Waals surface area contributed by atoms with Crippen LogP contribution in [0.2, 0.25) is 0 Å². The van der Waals surface area contributed by atoms with Crippen molar-refractivity contribution >= 4 is 22.2 Å². The van der Waals surface area contributed by atoms with E-state index < -0.39 is 16.1 Å². The maximum absolute atomic E-state index is 11.8. The van der Waals surface area contributed by atoms with Crippen LogP contribution in [0.3, 0.4) is 0 Å². The smallest absolute Gasteiger partial charge is 0.335 e. The number of carboxylic acid groups (broad SMARTS) is 1. The molecule has 21 heavy (non-hydrogen) atoms.